The Balaban J connectivity index is 2.19. The van der Waals surface area contributed by atoms with E-state index in [2.05, 4.69) is 25.7 Å². The van der Waals surface area contributed by atoms with Gasteiger partial charge in [0.05, 0.1) is 12.2 Å². The number of aliphatic hydroxyl groups excluding tert-OH is 1. The van der Waals surface area contributed by atoms with Gasteiger partial charge in [-0.05, 0) is 31.2 Å². The van der Waals surface area contributed by atoms with E-state index in [1.54, 1.807) is 0 Å². The van der Waals surface area contributed by atoms with Crippen molar-refractivity contribution in [2.24, 2.45) is 11.1 Å². The maximum atomic E-state index is 10.1. The number of nitrogens with zero attached hydrogens (tertiary/aromatic N) is 1. The Morgan fingerprint density at radius 3 is 2.44 bits per heavy atom. The van der Waals surface area contributed by atoms with Crippen LogP contribution in [0, 0.1) is 5.41 Å². The third-order valence-corrected chi connectivity index (χ3v) is 3.67. The molecule has 0 bridgehead atoms. The van der Waals surface area contributed by atoms with Crippen molar-refractivity contribution >= 4 is 0 Å². The van der Waals surface area contributed by atoms with Crippen molar-refractivity contribution in [3.05, 3.63) is 0 Å². The molecule has 1 aliphatic rings. The summed E-state index contributed by atoms with van der Waals surface area (Å²) in [6, 6.07) is 0. The van der Waals surface area contributed by atoms with Gasteiger partial charge < -0.3 is 20.5 Å². The summed E-state index contributed by atoms with van der Waals surface area (Å²) in [4.78, 5) is 2.35. The molecule has 0 saturated carbocycles. The van der Waals surface area contributed by atoms with E-state index in [-0.39, 0.29) is 11.5 Å². The number of aliphatic hydroxyl groups is 1. The molecule has 0 aliphatic carbocycles. The SMILES string of the molecule is CC(C)(C)C(O)CN1CCC(OCCCN)CC1. The van der Waals surface area contributed by atoms with E-state index >= 15 is 0 Å². The third kappa shape index (κ3) is 5.65. The highest BCUT2D eigenvalue weighted by atomic mass is 16.5. The summed E-state index contributed by atoms with van der Waals surface area (Å²) < 4.78 is 5.77. The van der Waals surface area contributed by atoms with Crippen molar-refractivity contribution in [1.82, 2.24) is 4.90 Å². The molecule has 1 aliphatic heterocycles. The summed E-state index contributed by atoms with van der Waals surface area (Å²) in [5, 5.41) is 10.1. The van der Waals surface area contributed by atoms with Crippen LogP contribution in [-0.2, 0) is 4.74 Å². The number of hydrogen-bond acceptors (Lipinski definition) is 4. The highest BCUT2D eigenvalue weighted by molar-refractivity contribution is 4.80. The standard InChI is InChI=1S/C14H30N2O2/c1-14(2,3)13(17)11-16-8-5-12(6-9-16)18-10-4-7-15/h12-13,17H,4-11,15H2,1-3H3. The number of rotatable bonds is 6. The van der Waals surface area contributed by atoms with Crippen molar-refractivity contribution in [3.8, 4) is 0 Å². The lowest BCUT2D eigenvalue weighted by Crippen LogP contribution is -2.44. The fraction of sp³-hybridized carbons (Fsp3) is 1.00. The first-order valence-corrected chi connectivity index (χ1v) is 7.15. The molecule has 0 radical (unpaired) electrons. The molecule has 3 N–H and O–H groups in total. The van der Waals surface area contributed by atoms with Crippen molar-refractivity contribution in [1.29, 1.82) is 0 Å². The van der Waals surface area contributed by atoms with Gasteiger partial charge >= 0.3 is 0 Å². The molecule has 0 spiro atoms. The van der Waals surface area contributed by atoms with Gasteiger partial charge in [0.15, 0.2) is 0 Å². The zero-order chi connectivity index (χ0) is 13.6. The second-order valence-electron chi connectivity index (χ2n) is 6.39. The summed E-state index contributed by atoms with van der Waals surface area (Å²) in [5.41, 5.74) is 5.41. The van der Waals surface area contributed by atoms with Gasteiger partial charge in [-0.15, -0.1) is 0 Å². The van der Waals surface area contributed by atoms with Crippen LogP contribution in [0.1, 0.15) is 40.0 Å². The lowest BCUT2D eigenvalue weighted by molar-refractivity contribution is -0.0181. The molecule has 4 heteroatoms. The molecule has 4 nitrogen and oxygen atoms in total. The van der Waals surface area contributed by atoms with Crippen LogP contribution in [0.5, 0.6) is 0 Å². The van der Waals surface area contributed by atoms with Gasteiger partial charge in [-0.1, -0.05) is 20.8 Å². The van der Waals surface area contributed by atoms with Crippen LogP contribution in [0.2, 0.25) is 0 Å². The lowest BCUT2D eigenvalue weighted by Gasteiger charge is -2.36. The van der Waals surface area contributed by atoms with Crippen LogP contribution in [0.15, 0.2) is 0 Å². The summed E-state index contributed by atoms with van der Waals surface area (Å²) in [6.45, 7) is 10.6. The topological polar surface area (TPSA) is 58.7 Å². The maximum Gasteiger partial charge on any atom is 0.0715 e. The van der Waals surface area contributed by atoms with Gasteiger partial charge in [-0.2, -0.15) is 0 Å². The molecular formula is C14H30N2O2. The van der Waals surface area contributed by atoms with Gasteiger partial charge in [0.2, 0.25) is 0 Å². The Labute approximate surface area is 111 Å². The summed E-state index contributed by atoms with van der Waals surface area (Å²) >= 11 is 0. The van der Waals surface area contributed by atoms with E-state index in [9.17, 15) is 5.11 Å². The van der Waals surface area contributed by atoms with Gasteiger partial charge in [0.25, 0.3) is 0 Å². The molecular weight excluding hydrogens is 228 g/mol. The Hall–Kier alpha value is -0.160. The molecule has 0 aromatic heterocycles. The van der Waals surface area contributed by atoms with E-state index in [1.165, 1.54) is 0 Å². The zero-order valence-electron chi connectivity index (χ0n) is 12.2. The average molecular weight is 258 g/mol. The molecule has 1 saturated heterocycles. The van der Waals surface area contributed by atoms with Gasteiger partial charge in [-0.25, -0.2) is 0 Å². The summed E-state index contributed by atoms with van der Waals surface area (Å²) in [7, 11) is 0. The first kappa shape index (κ1) is 15.9. The molecule has 0 amide bonds. The van der Waals surface area contributed by atoms with Crippen LogP contribution < -0.4 is 5.73 Å². The van der Waals surface area contributed by atoms with Crippen molar-refractivity contribution in [2.45, 2.75) is 52.2 Å². The number of hydrogen-bond donors (Lipinski definition) is 2. The molecule has 108 valence electrons. The third-order valence-electron chi connectivity index (χ3n) is 3.67. The monoisotopic (exact) mass is 258 g/mol. The Bertz CT molecular complexity index is 220. The second kappa shape index (κ2) is 7.43. The predicted octanol–water partition coefficient (Wildman–Crippen LogP) is 1.22. The van der Waals surface area contributed by atoms with Gasteiger partial charge in [-0.3, -0.25) is 0 Å². The summed E-state index contributed by atoms with van der Waals surface area (Å²) in [6.07, 6.45) is 3.22. The van der Waals surface area contributed by atoms with Crippen LogP contribution in [0.4, 0.5) is 0 Å². The minimum atomic E-state index is -0.257. The largest absolute Gasteiger partial charge is 0.391 e. The molecule has 1 heterocycles. The molecule has 0 aromatic carbocycles. The first-order chi connectivity index (χ1) is 8.43. The quantitative estimate of drug-likeness (QED) is 0.703. The fourth-order valence-corrected chi connectivity index (χ4v) is 2.11. The summed E-state index contributed by atoms with van der Waals surface area (Å²) in [5.74, 6) is 0. The number of nitrogens with two attached hydrogens (primary N) is 1. The van der Waals surface area contributed by atoms with Crippen molar-refractivity contribution in [2.75, 3.05) is 32.8 Å². The van der Waals surface area contributed by atoms with E-state index in [0.29, 0.717) is 12.6 Å². The lowest BCUT2D eigenvalue weighted by atomic mass is 9.88. The predicted molar refractivity (Wildman–Crippen MR) is 74.5 cm³/mol. The minimum Gasteiger partial charge on any atom is -0.391 e. The van der Waals surface area contributed by atoms with E-state index in [1.807, 2.05) is 0 Å². The number of ether oxygens (including phenoxy) is 1. The fourth-order valence-electron chi connectivity index (χ4n) is 2.11. The molecule has 18 heavy (non-hydrogen) atoms. The number of likely N-dealkylation sites (tertiary alicyclic amines) is 1. The highest BCUT2D eigenvalue weighted by Gasteiger charge is 2.27. The molecule has 1 fully saturated rings. The van der Waals surface area contributed by atoms with E-state index in [0.717, 1.165) is 45.5 Å². The van der Waals surface area contributed by atoms with Crippen LogP contribution >= 0.6 is 0 Å². The minimum absolute atomic E-state index is 0.0333. The Morgan fingerprint density at radius 1 is 1.33 bits per heavy atom. The van der Waals surface area contributed by atoms with Crippen LogP contribution in [0.3, 0.4) is 0 Å². The van der Waals surface area contributed by atoms with Gasteiger partial charge in [0.1, 0.15) is 0 Å². The maximum absolute atomic E-state index is 10.1. The second-order valence-corrected chi connectivity index (χ2v) is 6.39. The van der Waals surface area contributed by atoms with Crippen LogP contribution in [0.25, 0.3) is 0 Å². The molecule has 1 atom stereocenters. The van der Waals surface area contributed by atoms with E-state index in [4.69, 9.17) is 10.5 Å². The molecule has 1 unspecified atom stereocenters. The Morgan fingerprint density at radius 2 is 1.94 bits per heavy atom. The highest BCUT2D eigenvalue weighted by Crippen LogP contribution is 2.22. The first-order valence-electron chi connectivity index (χ1n) is 7.15. The van der Waals surface area contributed by atoms with Crippen molar-refractivity contribution < 1.29 is 9.84 Å². The van der Waals surface area contributed by atoms with Crippen LogP contribution in [-0.4, -0.2) is 55.0 Å². The number of β-amino-alcohol motifs (C(OH)–C–C–N with tert-alkyl or cyclic N) is 1. The Kier molecular flexibility index (Phi) is 6.57. The zero-order valence-corrected chi connectivity index (χ0v) is 12.2. The molecule has 0 aromatic rings. The van der Waals surface area contributed by atoms with Crippen molar-refractivity contribution in [3.63, 3.8) is 0 Å². The van der Waals surface area contributed by atoms with E-state index < -0.39 is 0 Å². The smallest absolute Gasteiger partial charge is 0.0715 e. The van der Waals surface area contributed by atoms with Gasteiger partial charge in [0, 0.05) is 26.2 Å². The average Bonchev–Trinajstić information content (AvgIpc) is 2.30. The number of piperidine rings is 1. The normalized spacial score (nSPS) is 21.2. The molecule has 1 rings (SSSR count).